The Morgan fingerprint density at radius 3 is 2.52 bits per heavy atom. The lowest BCUT2D eigenvalue weighted by Crippen LogP contribution is -2.39. The third-order valence-electron chi connectivity index (χ3n) is 2.72. The van der Waals surface area contributed by atoms with Crippen LogP contribution in [0, 0.1) is 6.92 Å². The molecule has 1 aromatic carbocycles. The summed E-state index contributed by atoms with van der Waals surface area (Å²) in [5.74, 6) is -1.43. The highest BCUT2D eigenvalue weighted by molar-refractivity contribution is 6.01. The molecule has 0 aliphatic carbocycles. The minimum absolute atomic E-state index is 0.000541. The van der Waals surface area contributed by atoms with Crippen LogP contribution in [-0.4, -0.2) is 36.1 Å². The molecule has 0 heterocycles. The van der Waals surface area contributed by atoms with Gasteiger partial charge in [-0.05, 0) is 25.0 Å². The first-order chi connectivity index (χ1) is 9.95. The second kappa shape index (κ2) is 7.88. The molecule has 0 radical (unpaired) electrons. The van der Waals surface area contributed by atoms with E-state index in [9.17, 15) is 14.4 Å². The number of nitrogens with one attached hydrogen (secondary N) is 3. The Balaban J connectivity index is 2.63. The Labute approximate surface area is 122 Å². The van der Waals surface area contributed by atoms with Crippen LogP contribution in [0.25, 0.3) is 0 Å². The zero-order valence-electron chi connectivity index (χ0n) is 12.0. The maximum Gasteiger partial charge on any atom is 0.337 e. The molecule has 0 saturated carbocycles. The highest BCUT2D eigenvalue weighted by atomic mass is 16.4. The standard InChI is InChI=1S/C14H19N3O4/c1-3-7-15-11(18)8-16-14(21)17-12-9(2)5-4-6-10(12)13(19)20/h4-6H,3,7-8H2,1-2H3,(H,15,18)(H,19,20)(H2,16,17,21). The summed E-state index contributed by atoms with van der Waals surface area (Å²) >= 11 is 0. The Kier molecular flexibility index (Phi) is 6.19. The zero-order valence-corrected chi connectivity index (χ0v) is 12.0. The summed E-state index contributed by atoms with van der Waals surface area (Å²) in [6.45, 7) is 3.99. The van der Waals surface area contributed by atoms with E-state index in [2.05, 4.69) is 16.0 Å². The first-order valence-corrected chi connectivity index (χ1v) is 6.60. The Morgan fingerprint density at radius 2 is 1.90 bits per heavy atom. The monoisotopic (exact) mass is 293 g/mol. The van der Waals surface area contributed by atoms with Gasteiger partial charge in [0.25, 0.3) is 0 Å². The number of urea groups is 1. The van der Waals surface area contributed by atoms with Gasteiger partial charge in [-0.3, -0.25) is 4.79 Å². The molecule has 0 unspecified atom stereocenters. The fourth-order valence-corrected chi connectivity index (χ4v) is 1.66. The van der Waals surface area contributed by atoms with Crippen LogP contribution in [0.1, 0.15) is 29.3 Å². The number of aromatic carboxylic acids is 1. The number of rotatable bonds is 6. The largest absolute Gasteiger partial charge is 0.478 e. The number of para-hydroxylation sites is 1. The molecule has 21 heavy (non-hydrogen) atoms. The highest BCUT2D eigenvalue weighted by Gasteiger charge is 2.14. The predicted octanol–water partition coefficient (Wildman–Crippen LogP) is 1.34. The van der Waals surface area contributed by atoms with Gasteiger partial charge in [0.15, 0.2) is 0 Å². The first-order valence-electron chi connectivity index (χ1n) is 6.60. The van der Waals surface area contributed by atoms with E-state index in [0.29, 0.717) is 12.1 Å². The number of hydrogen-bond donors (Lipinski definition) is 4. The lowest BCUT2D eigenvalue weighted by molar-refractivity contribution is -0.120. The number of carbonyl (C=O) groups excluding carboxylic acids is 2. The summed E-state index contributed by atoms with van der Waals surface area (Å²) in [4.78, 5) is 34.2. The molecule has 0 aliphatic rings. The third kappa shape index (κ3) is 5.13. The van der Waals surface area contributed by atoms with Crippen LogP contribution in [0.2, 0.25) is 0 Å². The molecule has 7 heteroatoms. The van der Waals surface area contributed by atoms with Gasteiger partial charge in [0.05, 0.1) is 17.8 Å². The van der Waals surface area contributed by atoms with Crippen LogP contribution in [-0.2, 0) is 4.79 Å². The summed E-state index contributed by atoms with van der Waals surface area (Å²) in [7, 11) is 0. The van der Waals surface area contributed by atoms with Crippen molar-refractivity contribution in [2.45, 2.75) is 20.3 Å². The van der Waals surface area contributed by atoms with Crippen LogP contribution in [0.3, 0.4) is 0 Å². The fourth-order valence-electron chi connectivity index (χ4n) is 1.66. The average Bonchev–Trinajstić information content (AvgIpc) is 2.44. The second-order valence-corrected chi connectivity index (χ2v) is 4.46. The van der Waals surface area contributed by atoms with Crippen LogP contribution in [0.15, 0.2) is 18.2 Å². The minimum Gasteiger partial charge on any atom is -0.478 e. The summed E-state index contributed by atoms with van der Waals surface area (Å²) < 4.78 is 0. The molecule has 0 saturated heterocycles. The Morgan fingerprint density at radius 1 is 1.19 bits per heavy atom. The van der Waals surface area contributed by atoms with E-state index < -0.39 is 12.0 Å². The predicted molar refractivity (Wildman–Crippen MR) is 78.5 cm³/mol. The molecule has 1 rings (SSSR count). The van der Waals surface area contributed by atoms with Crippen molar-refractivity contribution in [3.8, 4) is 0 Å². The quantitative estimate of drug-likeness (QED) is 0.634. The van der Waals surface area contributed by atoms with Gasteiger partial charge in [-0.25, -0.2) is 9.59 Å². The van der Waals surface area contributed by atoms with Gasteiger partial charge in [0.1, 0.15) is 0 Å². The van der Waals surface area contributed by atoms with Crippen molar-refractivity contribution in [2.24, 2.45) is 0 Å². The van der Waals surface area contributed by atoms with Crippen molar-refractivity contribution < 1.29 is 19.5 Å². The van der Waals surface area contributed by atoms with E-state index >= 15 is 0 Å². The molecule has 4 N–H and O–H groups in total. The number of carbonyl (C=O) groups is 3. The first kappa shape index (κ1) is 16.5. The smallest absolute Gasteiger partial charge is 0.337 e. The molecule has 0 atom stereocenters. The number of aryl methyl sites for hydroxylation is 1. The SMILES string of the molecule is CCCNC(=O)CNC(=O)Nc1c(C)cccc1C(=O)O. The van der Waals surface area contributed by atoms with Gasteiger partial charge in [-0.1, -0.05) is 19.1 Å². The molecule has 3 amide bonds. The summed E-state index contributed by atoms with van der Waals surface area (Å²) in [6, 6.07) is 4.06. The van der Waals surface area contributed by atoms with E-state index in [0.717, 1.165) is 6.42 Å². The number of carboxylic acid groups (broad SMARTS) is 1. The lowest BCUT2D eigenvalue weighted by Gasteiger charge is -2.12. The van der Waals surface area contributed by atoms with Crippen molar-refractivity contribution in [1.29, 1.82) is 0 Å². The van der Waals surface area contributed by atoms with Gasteiger partial charge in [0, 0.05) is 6.54 Å². The molecular formula is C14H19N3O4. The molecule has 0 aliphatic heterocycles. The van der Waals surface area contributed by atoms with Crippen molar-refractivity contribution in [2.75, 3.05) is 18.4 Å². The van der Waals surface area contributed by atoms with Crippen LogP contribution in [0.4, 0.5) is 10.5 Å². The van der Waals surface area contributed by atoms with E-state index in [1.807, 2.05) is 6.92 Å². The molecule has 0 fully saturated rings. The molecule has 7 nitrogen and oxygen atoms in total. The van der Waals surface area contributed by atoms with Gasteiger partial charge >= 0.3 is 12.0 Å². The van der Waals surface area contributed by atoms with Crippen LogP contribution < -0.4 is 16.0 Å². The lowest BCUT2D eigenvalue weighted by atomic mass is 10.1. The zero-order chi connectivity index (χ0) is 15.8. The van der Waals surface area contributed by atoms with E-state index in [1.54, 1.807) is 19.1 Å². The number of hydrogen-bond acceptors (Lipinski definition) is 3. The fraction of sp³-hybridized carbons (Fsp3) is 0.357. The average molecular weight is 293 g/mol. The van der Waals surface area contributed by atoms with Crippen molar-refractivity contribution in [3.05, 3.63) is 29.3 Å². The van der Waals surface area contributed by atoms with Crippen LogP contribution in [0.5, 0.6) is 0 Å². The van der Waals surface area contributed by atoms with E-state index in [1.165, 1.54) is 6.07 Å². The molecule has 0 spiro atoms. The van der Waals surface area contributed by atoms with Gasteiger partial charge in [-0.2, -0.15) is 0 Å². The van der Waals surface area contributed by atoms with E-state index in [4.69, 9.17) is 5.11 Å². The molecule has 0 aromatic heterocycles. The maximum atomic E-state index is 11.7. The Hall–Kier alpha value is -2.57. The molecule has 0 bridgehead atoms. The summed E-state index contributed by atoms with van der Waals surface area (Å²) in [5.41, 5.74) is 0.845. The third-order valence-corrected chi connectivity index (χ3v) is 2.72. The normalized spacial score (nSPS) is 9.81. The van der Waals surface area contributed by atoms with Crippen molar-refractivity contribution in [3.63, 3.8) is 0 Å². The van der Waals surface area contributed by atoms with Crippen molar-refractivity contribution >= 4 is 23.6 Å². The topological polar surface area (TPSA) is 108 Å². The van der Waals surface area contributed by atoms with Gasteiger partial charge < -0.3 is 21.1 Å². The van der Waals surface area contributed by atoms with Gasteiger partial charge in [0.2, 0.25) is 5.91 Å². The molecule has 114 valence electrons. The van der Waals surface area contributed by atoms with Gasteiger partial charge in [-0.15, -0.1) is 0 Å². The molecule has 1 aromatic rings. The van der Waals surface area contributed by atoms with E-state index in [-0.39, 0.29) is 23.7 Å². The number of benzene rings is 1. The summed E-state index contributed by atoms with van der Waals surface area (Å²) in [6.07, 6.45) is 0.809. The van der Waals surface area contributed by atoms with Crippen LogP contribution >= 0.6 is 0 Å². The Bertz CT molecular complexity index is 543. The molecular weight excluding hydrogens is 274 g/mol. The minimum atomic E-state index is -1.13. The number of carboxylic acids is 1. The number of amides is 3. The second-order valence-electron chi connectivity index (χ2n) is 4.46. The van der Waals surface area contributed by atoms with Crippen molar-refractivity contribution in [1.82, 2.24) is 10.6 Å². The highest BCUT2D eigenvalue weighted by Crippen LogP contribution is 2.20. The maximum absolute atomic E-state index is 11.7. The number of anilines is 1. The summed E-state index contributed by atoms with van der Waals surface area (Å²) in [5, 5.41) is 16.5.